The van der Waals surface area contributed by atoms with Crippen molar-refractivity contribution in [2.45, 2.75) is 18.6 Å². The van der Waals surface area contributed by atoms with Gasteiger partial charge in [-0.3, -0.25) is 19.3 Å². The molecule has 3 rings (SSSR count). The first-order valence-electron chi connectivity index (χ1n) is 9.11. The topological polar surface area (TPSA) is 78.8 Å². The molecule has 1 aliphatic heterocycles. The quantitative estimate of drug-likeness (QED) is 0.555. The van der Waals surface area contributed by atoms with Gasteiger partial charge in [0.1, 0.15) is 5.25 Å². The van der Waals surface area contributed by atoms with Gasteiger partial charge in [-0.25, -0.2) is 4.99 Å². The highest BCUT2D eigenvalue weighted by molar-refractivity contribution is 8.15. The van der Waals surface area contributed by atoms with E-state index in [1.807, 2.05) is 18.2 Å². The molecular weight excluding hydrogens is 386 g/mol. The Hall–Kier alpha value is -3.19. The largest absolute Gasteiger partial charge is 0.326 e. The van der Waals surface area contributed by atoms with Gasteiger partial charge < -0.3 is 5.32 Å². The molecule has 2 aromatic carbocycles. The highest BCUT2D eigenvalue weighted by Gasteiger charge is 2.38. The molecule has 0 radical (unpaired) electrons. The fourth-order valence-corrected chi connectivity index (χ4v) is 3.97. The molecule has 1 aliphatic rings. The second-order valence-electron chi connectivity index (χ2n) is 6.46. The smallest absolute Gasteiger partial charge is 0.242 e. The summed E-state index contributed by atoms with van der Waals surface area (Å²) < 4.78 is 0. The maximum absolute atomic E-state index is 12.8. The van der Waals surface area contributed by atoms with Crippen LogP contribution in [0.15, 0.2) is 72.2 Å². The first kappa shape index (κ1) is 20.5. The molecule has 2 amide bonds. The van der Waals surface area contributed by atoms with Crippen LogP contribution in [0.4, 0.5) is 11.4 Å². The number of thioether (sulfide) groups is 1. The summed E-state index contributed by atoms with van der Waals surface area (Å²) in [6.07, 6.45) is 1.67. The molecule has 1 fully saturated rings. The van der Waals surface area contributed by atoms with Gasteiger partial charge in [0.15, 0.2) is 11.0 Å². The minimum absolute atomic E-state index is 0.0209. The third-order valence-corrected chi connectivity index (χ3v) is 5.43. The second kappa shape index (κ2) is 9.34. The van der Waals surface area contributed by atoms with Crippen LogP contribution in [0, 0.1) is 0 Å². The van der Waals surface area contributed by atoms with E-state index < -0.39 is 5.25 Å². The number of nitrogens with zero attached hydrogens (tertiary/aromatic N) is 2. The van der Waals surface area contributed by atoms with Gasteiger partial charge in [0, 0.05) is 24.2 Å². The summed E-state index contributed by atoms with van der Waals surface area (Å²) in [7, 11) is 0. The number of amides is 2. The van der Waals surface area contributed by atoms with Gasteiger partial charge in [-0.05, 0) is 43.3 Å². The molecule has 1 N–H and O–H groups in total. The van der Waals surface area contributed by atoms with Crippen molar-refractivity contribution >= 4 is 45.9 Å². The third-order valence-electron chi connectivity index (χ3n) is 4.26. The lowest BCUT2D eigenvalue weighted by Crippen LogP contribution is -2.33. The first-order valence-corrected chi connectivity index (χ1v) is 9.99. The van der Waals surface area contributed by atoms with Crippen LogP contribution >= 0.6 is 11.8 Å². The summed E-state index contributed by atoms with van der Waals surface area (Å²) in [6.45, 7) is 5.51. The number of Topliss-reactive ketones (excluding diaryl/α,β-unsaturated/α-hetero) is 1. The molecule has 148 valence electrons. The molecule has 1 saturated heterocycles. The number of aliphatic imine (C=N–C) groups is 1. The molecule has 1 heterocycles. The second-order valence-corrected chi connectivity index (χ2v) is 7.63. The van der Waals surface area contributed by atoms with Crippen LogP contribution in [0.2, 0.25) is 0 Å². The Labute approximate surface area is 173 Å². The summed E-state index contributed by atoms with van der Waals surface area (Å²) in [6, 6.07) is 16.0. The molecule has 29 heavy (non-hydrogen) atoms. The molecule has 7 heteroatoms. The summed E-state index contributed by atoms with van der Waals surface area (Å²) in [5.41, 5.74) is 1.92. The number of hydrogen-bond acceptors (Lipinski definition) is 5. The molecular formula is C22H21N3O3S. The van der Waals surface area contributed by atoms with Crippen molar-refractivity contribution < 1.29 is 14.4 Å². The Morgan fingerprint density at radius 1 is 1.17 bits per heavy atom. The molecule has 0 unspecified atom stereocenters. The van der Waals surface area contributed by atoms with Gasteiger partial charge in [-0.1, -0.05) is 36.0 Å². The Balaban J connectivity index is 1.74. The van der Waals surface area contributed by atoms with Crippen molar-refractivity contribution in [1.29, 1.82) is 0 Å². The number of benzene rings is 2. The summed E-state index contributed by atoms with van der Waals surface area (Å²) >= 11 is 1.26. The lowest BCUT2D eigenvalue weighted by Gasteiger charge is -2.13. The average Bonchev–Trinajstić information content (AvgIpc) is 2.98. The minimum Gasteiger partial charge on any atom is -0.326 e. The monoisotopic (exact) mass is 407 g/mol. The van der Waals surface area contributed by atoms with Crippen LogP contribution in [0.3, 0.4) is 0 Å². The van der Waals surface area contributed by atoms with Crippen LogP contribution < -0.4 is 5.32 Å². The molecule has 2 aromatic rings. The van der Waals surface area contributed by atoms with E-state index >= 15 is 0 Å². The number of hydrogen-bond donors (Lipinski definition) is 1. The highest BCUT2D eigenvalue weighted by Crippen LogP contribution is 2.32. The van der Waals surface area contributed by atoms with Gasteiger partial charge >= 0.3 is 0 Å². The summed E-state index contributed by atoms with van der Waals surface area (Å²) in [5, 5.41) is 2.77. The number of anilines is 1. The van der Waals surface area contributed by atoms with Crippen LogP contribution in [-0.4, -0.2) is 39.5 Å². The molecule has 0 spiro atoms. The van der Waals surface area contributed by atoms with Crippen LogP contribution in [-0.2, 0) is 9.59 Å². The number of amidine groups is 1. The third kappa shape index (κ3) is 5.20. The Morgan fingerprint density at radius 2 is 1.86 bits per heavy atom. The van der Waals surface area contributed by atoms with Gasteiger partial charge in [0.2, 0.25) is 11.8 Å². The van der Waals surface area contributed by atoms with Gasteiger partial charge in [-0.15, -0.1) is 6.58 Å². The van der Waals surface area contributed by atoms with Gasteiger partial charge in [0.05, 0.1) is 5.69 Å². The Kier molecular flexibility index (Phi) is 6.61. The SMILES string of the molecule is C=CCN1C(=O)[C@@H](CC(=O)Nc2ccccc2)SC1=Nc1ccc(C(C)=O)cc1. The van der Waals surface area contributed by atoms with E-state index in [0.717, 1.165) is 0 Å². The van der Waals surface area contributed by atoms with Crippen LogP contribution in [0.1, 0.15) is 23.7 Å². The molecule has 0 saturated carbocycles. The molecule has 0 aliphatic carbocycles. The first-order chi connectivity index (χ1) is 14.0. The van der Waals surface area contributed by atoms with Crippen molar-refractivity contribution in [2.75, 3.05) is 11.9 Å². The van der Waals surface area contributed by atoms with E-state index in [4.69, 9.17) is 0 Å². The lowest BCUT2D eigenvalue weighted by molar-refractivity contribution is -0.127. The fraction of sp³-hybridized carbons (Fsp3) is 0.182. The molecule has 1 atom stereocenters. The number of para-hydroxylation sites is 1. The van der Waals surface area contributed by atoms with E-state index in [-0.39, 0.29) is 24.0 Å². The highest BCUT2D eigenvalue weighted by atomic mass is 32.2. The van der Waals surface area contributed by atoms with E-state index in [9.17, 15) is 14.4 Å². The van der Waals surface area contributed by atoms with Crippen molar-refractivity contribution in [3.05, 3.63) is 72.8 Å². The zero-order valence-electron chi connectivity index (χ0n) is 16.0. The minimum atomic E-state index is -0.547. The molecule has 6 nitrogen and oxygen atoms in total. The number of nitrogens with one attached hydrogen (secondary N) is 1. The van der Waals surface area contributed by atoms with Crippen molar-refractivity contribution in [3.8, 4) is 0 Å². The normalized spacial score (nSPS) is 17.4. The van der Waals surface area contributed by atoms with Gasteiger partial charge in [0.25, 0.3) is 0 Å². The zero-order valence-corrected chi connectivity index (χ0v) is 16.8. The predicted molar refractivity (Wildman–Crippen MR) is 117 cm³/mol. The Bertz CT molecular complexity index is 955. The van der Waals surface area contributed by atoms with E-state index in [1.54, 1.807) is 42.5 Å². The maximum atomic E-state index is 12.8. The molecule has 0 aromatic heterocycles. The number of carbonyl (C=O) groups excluding carboxylic acids is 3. The van der Waals surface area contributed by atoms with Crippen molar-refractivity contribution in [3.63, 3.8) is 0 Å². The van der Waals surface area contributed by atoms with Crippen molar-refractivity contribution in [1.82, 2.24) is 4.90 Å². The van der Waals surface area contributed by atoms with E-state index in [2.05, 4.69) is 16.9 Å². The van der Waals surface area contributed by atoms with E-state index in [1.165, 1.54) is 23.6 Å². The van der Waals surface area contributed by atoms with Crippen molar-refractivity contribution in [2.24, 2.45) is 4.99 Å². The number of carbonyl (C=O) groups is 3. The average molecular weight is 407 g/mol. The fourth-order valence-electron chi connectivity index (χ4n) is 2.81. The van der Waals surface area contributed by atoms with Gasteiger partial charge in [-0.2, -0.15) is 0 Å². The van der Waals surface area contributed by atoms with Crippen LogP contribution in [0.5, 0.6) is 0 Å². The Morgan fingerprint density at radius 3 is 2.48 bits per heavy atom. The maximum Gasteiger partial charge on any atom is 0.242 e. The van der Waals surface area contributed by atoms with Crippen LogP contribution in [0.25, 0.3) is 0 Å². The number of ketones is 1. The standard InChI is InChI=1S/C22H21N3O3S/c1-3-13-25-21(28)19(14-20(27)23-17-7-5-4-6-8-17)29-22(25)24-18-11-9-16(10-12-18)15(2)26/h3-12,19H,1,13-14H2,2H3,(H,23,27)/t19-/m1/s1. The lowest BCUT2D eigenvalue weighted by atomic mass is 10.1. The molecule has 0 bridgehead atoms. The predicted octanol–water partition coefficient (Wildman–Crippen LogP) is 4.04. The zero-order chi connectivity index (χ0) is 20.8. The summed E-state index contributed by atoms with van der Waals surface area (Å²) in [4.78, 5) is 42.6. The number of rotatable bonds is 7. The summed E-state index contributed by atoms with van der Waals surface area (Å²) in [5.74, 6) is -0.419. The van der Waals surface area contributed by atoms with E-state index in [0.29, 0.717) is 28.7 Å².